The number of hydrogen-bond acceptors (Lipinski definition) is 2. The molecule has 1 aliphatic heterocycles. The van der Waals surface area contributed by atoms with E-state index in [4.69, 9.17) is 0 Å². The minimum absolute atomic E-state index is 0.00898. The number of halogens is 3. The molecule has 16 heavy (non-hydrogen) atoms. The fraction of sp³-hybridized carbons (Fsp3) is 0.300. The van der Waals surface area contributed by atoms with Gasteiger partial charge in [-0.25, -0.2) is 18.0 Å². The average Bonchev–Trinajstić information content (AvgIpc) is 2.60. The third kappa shape index (κ3) is 2.10. The van der Waals surface area contributed by atoms with E-state index in [2.05, 4.69) is 10.1 Å². The lowest BCUT2D eigenvalue weighted by Gasteiger charge is -2.08. The van der Waals surface area contributed by atoms with Crippen molar-refractivity contribution in [3.05, 3.63) is 35.1 Å². The highest BCUT2D eigenvalue weighted by molar-refractivity contribution is 5.69. The summed E-state index contributed by atoms with van der Waals surface area (Å²) in [6, 6.07) is 0.865. The van der Waals surface area contributed by atoms with E-state index in [1.165, 1.54) is 0 Å². The van der Waals surface area contributed by atoms with Gasteiger partial charge in [-0.1, -0.05) is 0 Å². The first-order chi connectivity index (χ1) is 7.56. The molecular weight excluding hydrogens is 223 g/mol. The van der Waals surface area contributed by atoms with Gasteiger partial charge in [0.2, 0.25) is 0 Å². The van der Waals surface area contributed by atoms with Crippen molar-refractivity contribution in [1.82, 2.24) is 5.32 Å². The Kier molecular flexibility index (Phi) is 2.72. The van der Waals surface area contributed by atoms with E-state index < -0.39 is 29.6 Å². The lowest BCUT2D eigenvalue weighted by molar-refractivity contribution is 0.177. The highest BCUT2D eigenvalue weighted by atomic mass is 19.2. The molecule has 1 fully saturated rings. The minimum Gasteiger partial charge on any atom is -0.447 e. The molecule has 86 valence electrons. The molecule has 1 unspecified atom stereocenters. The van der Waals surface area contributed by atoms with Gasteiger partial charge in [-0.05, 0) is 18.1 Å². The first kappa shape index (κ1) is 10.8. The number of cyclic esters (lactones) is 1. The summed E-state index contributed by atoms with van der Waals surface area (Å²) in [6.07, 6.45) is -0.526. The van der Waals surface area contributed by atoms with Crippen LogP contribution in [0.3, 0.4) is 0 Å². The molecule has 3 nitrogen and oxygen atoms in total. The maximum atomic E-state index is 13.2. The summed E-state index contributed by atoms with van der Waals surface area (Å²) in [5.74, 6) is -3.17. The molecule has 0 bridgehead atoms. The van der Waals surface area contributed by atoms with Crippen molar-refractivity contribution < 1.29 is 22.7 Å². The quantitative estimate of drug-likeness (QED) is 0.787. The van der Waals surface area contributed by atoms with E-state index in [1.807, 2.05) is 0 Å². The highest BCUT2D eigenvalue weighted by Crippen LogP contribution is 2.16. The highest BCUT2D eigenvalue weighted by Gasteiger charge is 2.24. The third-order valence-electron chi connectivity index (χ3n) is 2.29. The standard InChI is InChI=1S/C10H8F3NO2/c11-7-3-9(13)8(12)2-5(7)1-6-4-16-10(15)14-6/h2-3,6H,1,4H2,(H,14,15). The molecule has 1 aliphatic rings. The summed E-state index contributed by atoms with van der Waals surface area (Å²) in [6.45, 7) is 0.0945. The van der Waals surface area contributed by atoms with E-state index in [9.17, 15) is 18.0 Å². The monoisotopic (exact) mass is 231 g/mol. The molecule has 6 heteroatoms. The molecule has 0 saturated carbocycles. The Labute approximate surface area is 89.2 Å². The van der Waals surface area contributed by atoms with Crippen molar-refractivity contribution in [2.45, 2.75) is 12.5 Å². The summed E-state index contributed by atoms with van der Waals surface area (Å²) < 4.78 is 43.3. The van der Waals surface area contributed by atoms with Gasteiger partial charge in [0.15, 0.2) is 11.6 Å². The summed E-state index contributed by atoms with van der Waals surface area (Å²) in [5, 5.41) is 2.42. The second-order valence-corrected chi connectivity index (χ2v) is 3.50. The van der Waals surface area contributed by atoms with Crippen molar-refractivity contribution in [3.8, 4) is 0 Å². The Balaban J connectivity index is 2.15. The van der Waals surface area contributed by atoms with Crippen LogP contribution in [0.2, 0.25) is 0 Å². The van der Waals surface area contributed by atoms with E-state index in [0.717, 1.165) is 6.07 Å². The minimum atomic E-state index is -1.23. The topological polar surface area (TPSA) is 38.3 Å². The van der Waals surface area contributed by atoms with Crippen LogP contribution in [0.1, 0.15) is 5.56 Å². The maximum absolute atomic E-state index is 13.2. The van der Waals surface area contributed by atoms with Crippen molar-refractivity contribution in [2.75, 3.05) is 6.61 Å². The van der Waals surface area contributed by atoms with Gasteiger partial charge in [-0.3, -0.25) is 0 Å². The van der Waals surface area contributed by atoms with E-state index in [0.29, 0.717) is 6.07 Å². The molecule has 0 radical (unpaired) electrons. The third-order valence-corrected chi connectivity index (χ3v) is 2.29. The lowest BCUT2D eigenvalue weighted by Crippen LogP contribution is -2.28. The number of carbonyl (C=O) groups excluding carboxylic acids is 1. The zero-order valence-electron chi connectivity index (χ0n) is 8.10. The number of rotatable bonds is 2. The Hall–Kier alpha value is -1.72. The first-order valence-corrected chi connectivity index (χ1v) is 4.63. The van der Waals surface area contributed by atoms with Crippen molar-refractivity contribution in [3.63, 3.8) is 0 Å². The molecule has 1 aromatic carbocycles. The zero-order chi connectivity index (χ0) is 11.7. The molecule has 0 aliphatic carbocycles. The number of amides is 1. The second kappa shape index (κ2) is 4.03. The van der Waals surface area contributed by atoms with Crippen LogP contribution < -0.4 is 5.32 Å². The van der Waals surface area contributed by atoms with Gasteiger partial charge in [-0.2, -0.15) is 0 Å². The van der Waals surface area contributed by atoms with E-state index in [1.54, 1.807) is 0 Å². The number of hydrogen-bond donors (Lipinski definition) is 1. The molecule has 1 saturated heterocycles. The van der Waals surface area contributed by atoms with Gasteiger partial charge >= 0.3 is 6.09 Å². The van der Waals surface area contributed by atoms with Crippen LogP contribution in [0.4, 0.5) is 18.0 Å². The largest absolute Gasteiger partial charge is 0.447 e. The molecule has 1 aromatic rings. The fourth-order valence-corrected chi connectivity index (χ4v) is 1.52. The van der Waals surface area contributed by atoms with Crippen LogP contribution in [0.15, 0.2) is 12.1 Å². The van der Waals surface area contributed by atoms with Crippen LogP contribution in [0.25, 0.3) is 0 Å². The van der Waals surface area contributed by atoms with Crippen LogP contribution in [-0.2, 0) is 11.2 Å². The summed E-state index contributed by atoms with van der Waals surface area (Å²) in [7, 11) is 0. The van der Waals surface area contributed by atoms with Crippen LogP contribution in [-0.4, -0.2) is 18.7 Å². The SMILES string of the molecule is O=C1NC(Cc2cc(F)c(F)cc2F)CO1. The van der Waals surface area contributed by atoms with E-state index in [-0.39, 0.29) is 18.6 Å². The average molecular weight is 231 g/mol. The van der Waals surface area contributed by atoms with Crippen molar-refractivity contribution in [1.29, 1.82) is 0 Å². The first-order valence-electron chi connectivity index (χ1n) is 4.63. The number of alkyl carbamates (subject to hydrolysis) is 1. The second-order valence-electron chi connectivity index (χ2n) is 3.50. The maximum Gasteiger partial charge on any atom is 0.407 e. The molecule has 1 N–H and O–H groups in total. The Morgan fingerprint density at radius 1 is 1.25 bits per heavy atom. The van der Waals surface area contributed by atoms with Crippen molar-refractivity contribution in [2.24, 2.45) is 0 Å². The Bertz CT molecular complexity index is 436. The predicted octanol–water partition coefficient (Wildman–Crippen LogP) is 1.75. The zero-order valence-corrected chi connectivity index (χ0v) is 8.10. The van der Waals surface area contributed by atoms with Gasteiger partial charge in [-0.15, -0.1) is 0 Å². The molecule has 0 aromatic heterocycles. The molecule has 1 amide bonds. The molecule has 2 rings (SSSR count). The number of carbonyl (C=O) groups is 1. The predicted molar refractivity (Wildman–Crippen MR) is 48.3 cm³/mol. The van der Waals surface area contributed by atoms with E-state index >= 15 is 0 Å². The Morgan fingerprint density at radius 3 is 2.56 bits per heavy atom. The van der Waals surface area contributed by atoms with Gasteiger partial charge in [0.25, 0.3) is 0 Å². The molecular formula is C10H8F3NO2. The number of ether oxygens (including phenoxy) is 1. The van der Waals surface area contributed by atoms with Gasteiger partial charge < -0.3 is 10.1 Å². The van der Waals surface area contributed by atoms with Crippen LogP contribution in [0.5, 0.6) is 0 Å². The fourth-order valence-electron chi connectivity index (χ4n) is 1.52. The molecule has 0 spiro atoms. The van der Waals surface area contributed by atoms with Gasteiger partial charge in [0, 0.05) is 6.07 Å². The summed E-state index contributed by atoms with van der Waals surface area (Å²) in [4.78, 5) is 10.7. The smallest absolute Gasteiger partial charge is 0.407 e. The van der Waals surface area contributed by atoms with Crippen LogP contribution >= 0.6 is 0 Å². The number of benzene rings is 1. The normalized spacial score (nSPS) is 19.4. The van der Waals surface area contributed by atoms with Crippen LogP contribution in [0, 0.1) is 17.5 Å². The molecule has 1 atom stereocenters. The summed E-state index contributed by atoms with van der Waals surface area (Å²) in [5.41, 5.74) is 0.00898. The van der Waals surface area contributed by atoms with Gasteiger partial charge in [0.1, 0.15) is 12.4 Å². The van der Waals surface area contributed by atoms with Crippen molar-refractivity contribution >= 4 is 6.09 Å². The lowest BCUT2D eigenvalue weighted by atomic mass is 10.1. The van der Waals surface area contributed by atoms with Gasteiger partial charge in [0.05, 0.1) is 6.04 Å². The summed E-state index contributed by atoms with van der Waals surface area (Å²) >= 11 is 0. The molecule has 1 heterocycles. The Morgan fingerprint density at radius 2 is 1.94 bits per heavy atom. The number of nitrogens with one attached hydrogen (secondary N) is 1.